The van der Waals surface area contributed by atoms with Gasteiger partial charge in [0.2, 0.25) is 0 Å². The fraction of sp³-hybridized carbons (Fsp3) is 0.680. The molecule has 1 aliphatic rings. The van der Waals surface area contributed by atoms with Crippen molar-refractivity contribution >= 4 is 12.4 Å². The van der Waals surface area contributed by atoms with E-state index in [1.807, 2.05) is 13.8 Å². The standard InChI is InChI=1S/C25H38O4/c1-19-16-20(2)22(11-7-9-13-25(14-15-25)29-18-26)17-21(19)10-6-5-8-12-24(3,4)23(27)28/h16-18H,5-15H2,1-4H3,(H,27,28). The van der Waals surface area contributed by atoms with Gasteiger partial charge in [0.1, 0.15) is 5.60 Å². The highest BCUT2D eigenvalue weighted by Gasteiger charge is 2.44. The highest BCUT2D eigenvalue weighted by Crippen LogP contribution is 2.43. The Hall–Kier alpha value is -1.84. The van der Waals surface area contributed by atoms with E-state index in [0.29, 0.717) is 6.47 Å². The molecule has 2 rings (SSSR count). The normalized spacial score (nSPS) is 15.2. The average molecular weight is 403 g/mol. The summed E-state index contributed by atoms with van der Waals surface area (Å²) < 4.78 is 5.24. The zero-order valence-electron chi connectivity index (χ0n) is 18.7. The fourth-order valence-electron chi connectivity index (χ4n) is 4.08. The Morgan fingerprint density at radius 2 is 1.62 bits per heavy atom. The number of rotatable bonds is 14. The molecular formula is C25H38O4. The van der Waals surface area contributed by atoms with Crippen molar-refractivity contribution in [3.8, 4) is 0 Å². The maximum absolute atomic E-state index is 11.2. The Morgan fingerprint density at radius 1 is 1.03 bits per heavy atom. The molecular weight excluding hydrogens is 364 g/mol. The van der Waals surface area contributed by atoms with Crippen molar-refractivity contribution in [3.63, 3.8) is 0 Å². The summed E-state index contributed by atoms with van der Waals surface area (Å²) in [5, 5.41) is 9.21. The minimum atomic E-state index is -0.707. The lowest BCUT2D eigenvalue weighted by Gasteiger charge is -2.18. The summed E-state index contributed by atoms with van der Waals surface area (Å²) in [6.07, 6.45) is 11.2. The molecule has 0 saturated heterocycles. The van der Waals surface area contributed by atoms with E-state index in [4.69, 9.17) is 4.74 Å². The second-order valence-electron chi connectivity index (χ2n) is 9.56. The number of carboxylic acids is 1. The summed E-state index contributed by atoms with van der Waals surface area (Å²) in [6.45, 7) is 8.60. The van der Waals surface area contributed by atoms with Gasteiger partial charge in [-0.2, -0.15) is 0 Å². The number of carboxylic acid groups (broad SMARTS) is 1. The van der Waals surface area contributed by atoms with Crippen molar-refractivity contribution in [2.45, 2.75) is 104 Å². The first kappa shape index (κ1) is 23.4. The summed E-state index contributed by atoms with van der Waals surface area (Å²) in [4.78, 5) is 21.8. The van der Waals surface area contributed by atoms with Crippen molar-refractivity contribution in [1.82, 2.24) is 0 Å². The molecule has 1 saturated carbocycles. The zero-order chi connectivity index (χ0) is 21.5. The molecule has 4 nitrogen and oxygen atoms in total. The lowest BCUT2D eigenvalue weighted by molar-refractivity contribution is -0.147. The van der Waals surface area contributed by atoms with Crippen LogP contribution in [0.5, 0.6) is 0 Å². The molecule has 0 heterocycles. The number of hydrogen-bond acceptors (Lipinski definition) is 3. The van der Waals surface area contributed by atoms with Gasteiger partial charge in [-0.15, -0.1) is 0 Å². The molecule has 0 amide bonds. The Morgan fingerprint density at radius 3 is 2.14 bits per heavy atom. The number of ether oxygens (including phenoxy) is 1. The molecule has 0 radical (unpaired) electrons. The van der Waals surface area contributed by atoms with Crippen LogP contribution in [-0.2, 0) is 27.2 Å². The van der Waals surface area contributed by atoms with E-state index < -0.39 is 11.4 Å². The number of aryl methyl sites for hydroxylation is 4. The topological polar surface area (TPSA) is 63.6 Å². The maximum Gasteiger partial charge on any atom is 0.309 e. The molecule has 1 N–H and O–H groups in total. The van der Waals surface area contributed by atoms with Crippen molar-refractivity contribution in [2.75, 3.05) is 0 Å². The van der Waals surface area contributed by atoms with Gasteiger partial charge in [-0.05, 0) is 108 Å². The van der Waals surface area contributed by atoms with E-state index in [9.17, 15) is 14.7 Å². The van der Waals surface area contributed by atoms with Crippen LogP contribution in [0.4, 0.5) is 0 Å². The molecule has 0 aliphatic heterocycles. The van der Waals surface area contributed by atoms with E-state index in [1.54, 1.807) is 0 Å². The molecule has 1 aromatic rings. The molecule has 1 aromatic carbocycles. The average Bonchev–Trinajstić information content (AvgIpc) is 3.41. The Labute approximate surface area is 176 Å². The molecule has 0 atom stereocenters. The van der Waals surface area contributed by atoms with Crippen LogP contribution in [0, 0.1) is 19.3 Å². The third kappa shape index (κ3) is 7.17. The van der Waals surface area contributed by atoms with Crippen LogP contribution in [0.25, 0.3) is 0 Å². The molecule has 4 heteroatoms. The van der Waals surface area contributed by atoms with Gasteiger partial charge in [0, 0.05) is 0 Å². The van der Waals surface area contributed by atoms with Crippen LogP contribution in [0.3, 0.4) is 0 Å². The zero-order valence-corrected chi connectivity index (χ0v) is 18.7. The lowest BCUT2D eigenvalue weighted by atomic mass is 9.86. The fourth-order valence-corrected chi connectivity index (χ4v) is 4.08. The predicted molar refractivity (Wildman–Crippen MR) is 116 cm³/mol. The molecule has 162 valence electrons. The first-order chi connectivity index (χ1) is 13.7. The van der Waals surface area contributed by atoms with Gasteiger partial charge in [0.05, 0.1) is 5.41 Å². The first-order valence-electron chi connectivity index (χ1n) is 11.1. The smallest absolute Gasteiger partial charge is 0.309 e. The minimum Gasteiger partial charge on any atom is -0.481 e. The SMILES string of the molecule is Cc1cc(C)c(CCCCC2(OC=O)CC2)cc1CCCCCC(C)(C)C(=O)O. The van der Waals surface area contributed by atoms with E-state index in [-0.39, 0.29) is 5.60 Å². The van der Waals surface area contributed by atoms with Gasteiger partial charge in [0.15, 0.2) is 0 Å². The van der Waals surface area contributed by atoms with Crippen LogP contribution in [-0.4, -0.2) is 23.1 Å². The van der Waals surface area contributed by atoms with Gasteiger partial charge >= 0.3 is 5.97 Å². The molecule has 29 heavy (non-hydrogen) atoms. The van der Waals surface area contributed by atoms with E-state index >= 15 is 0 Å². The Kier molecular flexibility index (Phi) is 8.30. The summed E-state index contributed by atoms with van der Waals surface area (Å²) in [5.74, 6) is -0.707. The van der Waals surface area contributed by atoms with Gasteiger partial charge in [-0.25, -0.2) is 0 Å². The second kappa shape index (κ2) is 10.3. The summed E-state index contributed by atoms with van der Waals surface area (Å²) in [5.41, 5.74) is 4.81. The van der Waals surface area contributed by atoms with E-state index in [0.717, 1.165) is 70.6 Å². The molecule has 0 spiro atoms. The number of carbonyl (C=O) groups excluding carboxylic acids is 1. The number of carbonyl (C=O) groups is 2. The Balaban J connectivity index is 1.77. The van der Waals surface area contributed by atoms with Gasteiger partial charge < -0.3 is 9.84 Å². The molecule has 0 aromatic heterocycles. The largest absolute Gasteiger partial charge is 0.481 e. The van der Waals surface area contributed by atoms with Crippen molar-refractivity contribution < 1.29 is 19.4 Å². The summed E-state index contributed by atoms with van der Waals surface area (Å²) >= 11 is 0. The van der Waals surface area contributed by atoms with Crippen molar-refractivity contribution in [3.05, 3.63) is 34.4 Å². The number of hydrogen-bond donors (Lipinski definition) is 1. The van der Waals surface area contributed by atoms with Gasteiger partial charge in [-0.3, -0.25) is 9.59 Å². The second-order valence-corrected chi connectivity index (χ2v) is 9.56. The molecule has 1 fully saturated rings. The van der Waals surface area contributed by atoms with Gasteiger partial charge in [0.25, 0.3) is 6.47 Å². The van der Waals surface area contributed by atoms with Crippen LogP contribution >= 0.6 is 0 Å². The quantitative estimate of drug-likeness (QED) is 0.309. The third-order valence-electron chi connectivity index (χ3n) is 6.56. The maximum atomic E-state index is 11.2. The van der Waals surface area contributed by atoms with E-state index in [1.165, 1.54) is 22.3 Å². The number of unbranched alkanes of at least 4 members (excludes halogenated alkanes) is 3. The highest BCUT2D eigenvalue weighted by atomic mass is 16.5. The molecule has 0 unspecified atom stereocenters. The first-order valence-corrected chi connectivity index (χ1v) is 11.1. The Bertz CT molecular complexity index is 701. The van der Waals surface area contributed by atoms with Crippen LogP contribution in [0.1, 0.15) is 93.9 Å². The minimum absolute atomic E-state index is 0.134. The number of aliphatic carboxylic acids is 1. The van der Waals surface area contributed by atoms with E-state index in [2.05, 4.69) is 26.0 Å². The summed E-state index contributed by atoms with van der Waals surface area (Å²) in [6, 6.07) is 4.68. The summed E-state index contributed by atoms with van der Waals surface area (Å²) in [7, 11) is 0. The predicted octanol–water partition coefficient (Wildman–Crippen LogP) is 5.94. The molecule has 0 bridgehead atoms. The van der Waals surface area contributed by atoms with Crippen molar-refractivity contribution in [1.29, 1.82) is 0 Å². The van der Waals surface area contributed by atoms with Gasteiger partial charge in [-0.1, -0.05) is 25.0 Å². The monoisotopic (exact) mass is 402 g/mol. The third-order valence-corrected chi connectivity index (χ3v) is 6.56. The number of benzene rings is 1. The van der Waals surface area contributed by atoms with Crippen molar-refractivity contribution in [2.24, 2.45) is 5.41 Å². The lowest BCUT2D eigenvalue weighted by Crippen LogP contribution is -2.23. The highest BCUT2D eigenvalue weighted by molar-refractivity contribution is 5.73. The molecule has 1 aliphatic carbocycles. The van der Waals surface area contributed by atoms with Crippen LogP contribution in [0.15, 0.2) is 12.1 Å². The van der Waals surface area contributed by atoms with Crippen LogP contribution < -0.4 is 0 Å². The van der Waals surface area contributed by atoms with Crippen LogP contribution in [0.2, 0.25) is 0 Å².